The van der Waals surface area contributed by atoms with Gasteiger partial charge < -0.3 is 14.5 Å². The Morgan fingerprint density at radius 1 is 1.48 bits per heavy atom. The highest BCUT2D eigenvalue weighted by Gasteiger charge is 2.19. The van der Waals surface area contributed by atoms with Crippen LogP contribution in [0.25, 0.3) is 5.57 Å². The molecule has 0 unspecified atom stereocenters. The van der Waals surface area contributed by atoms with Gasteiger partial charge in [0.15, 0.2) is 18.1 Å². The summed E-state index contributed by atoms with van der Waals surface area (Å²) in [6.07, 6.45) is 1.80. The second-order valence-electron chi connectivity index (χ2n) is 4.65. The Balaban J connectivity index is 2.32. The molecule has 118 valence electrons. The van der Waals surface area contributed by atoms with Gasteiger partial charge in [-0.25, -0.2) is 15.2 Å². The Hall–Kier alpha value is -3.10. The minimum atomic E-state index is -0.552. The van der Waals surface area contributed by atoms with Crippen LogP contribution in [-0.2, 0) is 9.53 Å². The summed E-state index contributed by atoms with van der Waals surface area (Å²) in [6, 6.07) is 5.37. The molecule has 0 bridgehead atoms. The van der Waals surface area contributed by atoms with E-state index in [0.717, 1.165) is 5.57 Å². The molecule has 1 aromatic heterocycles. The average molecular weight is 313 g/mol. The molecule has 0 aromatic carbocycles. The second-order valence-corrected chi connectivity index (χ2v) is 4.65. The van der Waals surface area contributed by atoms with Crippen molar-refractivity contribution < 1.29 is 14.3 Å². The maximum absolute atomic E-state index is 11.3. The molecular formula is C15H15N5O3. The first-order valence-corrected chi connectivity index (χ1v) is 6.90. The van der Waals surface area contributed by atoms with Crippen LogP contribution < -0.4 is 10.2 Å². The maximum Gasteiger partial charge on any atom is 0.344 e. The van der Waals surface area contributed by atoms with Crippen LogP contribution in [0.2, 0.25) is 0 Å². The number of hydrazine groups is 1. The third kappa shape index (κ3) is 3.76. The zero-order valence-electron chi connectivity index (χ0n) is 12.8. The standard InChI is InChI=1S/C15H15N5O3/c1-3-22-14(21)9-23-13-4-10(5-16)15(19-12(13)6-17)11-7-18-20(2)8-11/h4,8,18H,3,7,9H2,1-2H3. The fourth-order valence-electron chi connectivity index (χ4n) is 2.03. The van der Waals surface area contributed by atoms with E-state index < -0.39 is 5.97 Å². The molecule has 23 heavy (non-hydrogen) atoms. The van der Waals surface area contributed by atoms with Gasteiger partial charge >= 0.3 is 5.97 Å². The van der Waals surface area contributed by atoms with Gasteiger partial charge in [-0.1, -0.05) is 0 Å². The Labute approximate surface area is 133 Å². The third-order valence-electron chi connectivity index (χ3n) is 3.04. The molecule has 0 saturated heterocycles. The summed E-state index contributed by atoms with van der Waals surface area (Å²) >= 11 is 0. The van der Waals surface area contributed by atoms with Gasteiger partial charge in [0.2, 0.25) is 0 Å². The summed E-state index contributed by atoms with van der Waals surface area (Å²) in [6.45, 7) is 2.08. The van der Waals surface area contributed by atoms with E-state index in [1.54, 1.807) is 18.1 Å². The van der Waals surface area contributed by atoms with Crippen LogP contribution in [-0.4, -0.2) is 42.8 Å². The highest BCUT2D eigenvalue weighted by atomic mass is 16.6. The molecule has 0 fully saturated rings. The van der Waals surface area contributed by atoms with Crippen molar-refractivity contribution in [2.75, 3.05) is 26.8 Å². The summed E-state index contributed by atoms with van der Waals surface area (Å²) in [5.41, 5.74) is 4.53. The number of nitriles is 2. The van der Waals surface area contributed by atoms with Crippen molar-refractivity contribution in [1.82, 2.24) is 15.4 Å². The molecule has 1 N–H and O–H groups in total. The Morgan fingerprint density at radius 3 is 2.83 bits per heavy atom. The summed E-state index contributed by atoms with van der Waals surface area (Å²) in [4.78, 5) is 15.6. The number of hydrogen-bond acceptors (Lipinski definition) is 8. The van der Waals surface area contributed by atoms with E-state index in [0.29, 0.717) is 12.2 Å². The third-order valence-corrected chi connectivity index (χ3v) is 3.04. The molecule has 0 amide bonds. The van der Waals surface area contributed by atoms with E-state index in [2.05, 4.69) is 10.4 Å². The lowest BCUT2D eigenvalue weighted by Crippen LogP contribution is -2.23. The van der Waals surface area contributed by atoms with Crippen LogP contribution in [0.15, 0.2) is 12.3 Å². The van der Waals surface area contributed by atoms with Crippen LogP contribution in [0.1, 0.15) is 23.9 Å². The number of nitrogens with zero attached hydrogens (tertiary/aromatic N) is 4. The Morgan fingerprint density at radius 2 is 2.26 bits per heavy atom. The van der Waals surface area contributed by atoms with Gasteiger partial charge in [0, 0.05) is 31.4 Å². The van der Waals surface area contributed by atoms with E-state index >= 15 is 0 Å². The van der Waals surface area contributed by atoms with Crippen molar-refractivity contribution in [3.8, 4) is 17.9 Å². The van der Waals surface area contributed by atoms with Crippen molar-refractivity contribution >= 4 is 11.5 Å². The average Bonchev–Trinajstić information content (AvgIpc) is 2.98. The number of nitrogens with one attached hydrogen (secondary N) is 1. The maximum atomic E-state index is 11.3. The summed E-state index contributed by atoms with van der Waals surface area (Å²) in [7, 11) is 1.82. The molecule has 0 saturated carbocycles. The number of hydrogen-bond donors (Lipinski definition) is 1. The van der Waals surface area contributed by atoms with Gasteiger partial charge in [0.05, 0.1) is 17.9 Å². The number of rotatable bonds is 5. The van der Waals surface area contributed by atoms with E-state index in [1.807, 2.05) is 19.2 Å². The molecule has 0 spiro atoms. The predicted molar refractivity (Wildman–Crippen MR) is 79.5 cm³/mol. The van der Waals surface area contributed by atoms with Gasteiger partial charge in [-0.15, -0.1) is 0 Å². The largest absolute Gasteiger partial charge is 0.479 e. The lowest BCUT2D eigenvalue weighted by Gasteiger charge is -2.10. The number of carbonyl (C=O) groups is 1. The highest BCUT2D eigenvalue weighted by molar-refractivity contribution is 5.72. The van der Waals surface area contributed by atoms with Crippen molar-refractivity contribution in [3.63, 3.8) is 0 Å². The van der Waals surface area contributed by atoms with Gasteiger partial charge in [0.1, 0.15) is 12.1 Å². The van der Waals surface area contributed by atoms with Crippen molar-refractivity contribution in [3.05, 3.63) is 29.2 Å². The molecule has 2 rings (SSSR count). The van der Waals surface area contributed by atoms with E-state index in [9.17, 15) is 15.3 Å². The highest BCUT2D eigenvalue weighted by Crippen LogP contribution is 2.26. The Kier molecular flexibility index (Phi) is 5.13. The molecule has 8 heteroatoms. The minimum absolute atomic E-state index is 0.0127. The molecule has 1 aromatic rings. The van der Waals surface area contributed by atoms with Crippen LogP contribution >= 0.6 is 0 Å². The smallest absolute Gasteiger partial charge is 0.344 e. The summed E-state index contributed by atoms with van der Waals surface area (Å²) in [5, 5.41) is 20.3. The first-order valence-electron chi connectivity index (χ1n) is 6.90. The van der Waals surface area contributed by atoms with E-state index in [1.165, 1.54) is 6.07 Å². The summed E-state index contributed by atoms with van der Waals surface area (Å²) in [5.74, 6) is -0.468. The van der Waals surface area contributed by atoms with E-state index in [-0.39, 0.29) is 30.2 Å². The lowest BCUT2D eigenvalue weighted by molar-refractivity contribution is -0.145. The zero-order chi connectivity index (χ0) is 16.8. The quantitative estimate of drug-likeness (QED) is 0.785. The van der Waals surface area contributed by atoms with Crippen molar-refractivity contribution in [2.45, 2.75) is 6.92 Å². The molecule has 1 aliphatic heterocycles. The number of ether oxygens (including phenoxy) is 2. The van der Waals surface area contributed by atoms with Gasteiger partial charge in [-0.2, -0.15) is 10.5 Å². The number of pyridine rings is 1. The molecular weight excluding hydrogens is 298 g/mol. The van der Waals surface area contributed by atoms with Crippen LogP contribution in [0.3, 0.4) is 0 Å². The van der Waals surface area contributed by atoms with Crippen molar-refractivity contribution in [2.24, 2.45) is 0 Å². The van der Waals surface area contributed by atoms with Crippen LogP contribution in [0, 0.1) is 22.7 Å². The normalized spacial score (nSPS) is 13.0. The van der Waals surface area contributed by atoms with Gasteiger partial charge in [-0.3, -0.25) is 0 Å². The minimum Gasteiger partial charge on any atom is -0.479 e. The topological polar surface area (TPSA) is 111 Å². The molecule has 1 aliphatic rings. The Bertz CT molecular complexity index is 730. The first-order chi connectivity index (χ1) is 11.1. The molecule has 0 aliphatic carbocycles. The number of carbonyl (C=O) groups excluding carboxylic acids is 1. The first kappa shape index (κ1) is 16.3. The molecule has 0 radical (unpaired) electrons. The van der Waals surface area contributed by atoms with E-state index in [4.69, 9.17) is 9.47 Å². The van der Waals surface area contributed by atoms with Crippen molar-refractivity contribution in [1.29, 1.82) is 10.5 Å². The lowest BCUT2D eigenvalue weighted by atomic mass is 10.1. The van der Waals surface area contributed by atoms with Gasteiger partial charge in [-0.05, 0) is 6.92 Å². The second kappa shape index (κ2) is 7.25. The predicted octanol–water partition coefficient (Wildman–Crippen LogP) is 0.558. The molecule has 8 nitrogen and oxygen atoms in total. The number of esters is 1. The molecule has 0 atom stereocenters. The van der Waals surface area contributed by atoms with Gasteiger partial charge in [0.25, 0.3) is 0 Å². The van der Waals surface area contributed by atoms with Crippen LogP contribution in [0.4, 0.5) is 0 Å². The summed E-state index contributed by atoms with van der Waals surface area (Å²) < 4.78 is 10.0. The molecule has 2 heterocycles. The fraction of sp³-hybridized carbons (Fsp3) is 0.333. The SMILES string of the molecule is CCOC(=O)COc1cc(C#N)c(C2=CN(C)NC2)nc1C#N. The van der Waals surface area contributed by atoms with Crippen LogP contribution in [0.5, 0.6) is 5.75 Å². The zero-order valence-corrected chi connectivity index (χ0v) is 12.8. The fourth-order valence-corrected chi connectivity index (χ4v) is 2.03. The number of aromatic nitrogens is 1. The monoisotopic (exact) mass is 313 g/mol.